The fourth-order valence-corrected chi connectivity index (χ4v) is 5.15. The number of carbonyl (C=O) groups is 1. The number of carbonyl (C=O) groups excluding carboxylic acids is 1. The summed E-state index contributed by atoms with van der Waals surface area (Å²) in [5.41, 5.74) is 2.76. The van der Waals surface area contributed by atoms with Gasteiger partial charge in [-0.1, -0.05) is 47.7 Å². The lowest BCUT2D eigenvalue weighted by Crippen LogP contribution is -3.20. The van der Waals surface area contributed by atoms with Crippen LogP contribution in [0.4, 0.5) is 0 Å². The molecule has 3 aliphatic rings. The molecule has 4 atom stereocenters. The molecular weight excluding hydrogens is 390 g/mol. The highest BCUT2D eigenvalue weighted by molar-refractivity contribution is 5.79. The number of benzene rings is 2. The van der Waals surface area contributed by atoms with Crippen LogP contribution in [0.2, 0.25) is 0 Å². The topological polar surface area (TPSA) is 84.5 Å². The molecular formula is C24H28N5O2+. The summed E-state index contributed by atoms with van der Waals surface area (Å²) in [4.78, 5) is 14.3. The lowest BCUT2D eigenvalue weighted by molar-refractivity contribution is -0.945. The van der Waals surface area contributed by atoms with E-state index in [2.05, 4.69) is 15.6 Å². The second-order valence-corrected chi connectivity index (χ2v) is 8.78. The number of nitrogens with zero attached hydrogens (tertiary/aromatic N) is 3. The van der Waals surface area contributed by atoms with E-state index in [1.807, 2.05) is 53.3 Å². The van der Waals surface area contributed by atoms with Gasteiger partial charge in [-0.3, -0.25) is 4.79 Å². The predicted octanol–water partition coefficient (Wildman–Crippen LogP) is 1.26. The summed E-state index contributed by atoms with van der Waals surface area (Å²) in [6.45, 7) is 3.41. The average Bonchev–Trinajstić information content (AvgIpc) is 3.27. The molecule has 3 saturated heterocycles. The molecule has 31 heavy (non-hydrogen) atoms. The third-order valence-electron chi connectivity index (χ3n) is 6.79. The third kappa shape index (κ3) is 4.32. The highest BCUT2D eigenvalue weighted by atomic mass is 16.3. The van der Waals surface area contributed by atoms with E-state index in [1.54, 1.807) is 12.1 Å². The van der Waals surface area contributed by atoms with E-state index in [9.17, 15) is 9.90 Å². The average molecular weight is 419 g/mol. The van der Waals surface area contributed by atoms with Gasteiger partial charge in [0.15, 0.2) is 0 Å². The van der Waals surface area contributed by atoms with Crippen LogP contribution >= 0.6 is 0 Å². The van der Waals surface area contributed by atoms with Crippen LogP contribution in [0.5, 0.6) is 5.75 Å². The Bertz CT molecular complexity index is 1050. The van der Waals surface area contributed by atoms with Gasteiger partial charge in [-0.25, -0.2) is 4.68 Å². The molecule has 3 N–H and O–H groups in total. The molecule has 4 heterocycles. The van der Waals surface area contributed by atoms with Gasteiger partial charge in [-0.15, -0.1) is 5.10 Å². The number of aromatic hydroxyl groups is 1. The monoisotopic (exact) mass is 418 g/mol. The van der Waals surface area contributed by atoms with Crippen LogP contribution in [0, 0.1) is 11.8 Å². The second kappa shape index (κ2) is 8.51. The number of aromatic nitrogens is 3. The maximum Gasteiger partial charge on any atom is 0.229 e. The van der Waals surface area contributed by atoms with E-state index in [4.69, 9.17) is 0 Å². The fourth-order valence-electron chi connectivity index (χ4n) is 5.15. The molecule has 1 unspecified atom stereocenters. The Labute approximate surface area is 181 Å². The Morgan fingerprint density at radius 2 is 2.06 bits per heavy atom. The number of piperidine rings is 3. The maximum absolute atomic E-state index is 12.8. The first-order valence-corrected chi connectivity index (χ1v) is 11.0. The van der Waals surface area contributed by atoms with Gasteiger partial charge in [0, 0.05) is 24.9 Å². The van der Waals surface area contributed by atoms with Crippen molar-refractivity contribution in [3.63, 3.8) is 0 Å². The molecule has 160 valence electrons. The first-order chi connectivity index (χ1) is 15.2. The molecule has 2 aromatic carbocycles. The summed E-state index contributed by atoms with van der Waals surface area (Å²) in [5.74, 6) is 0.954. The van der Waals surface area contributed by atoms with Crippen molar-refractivity contribution in [3.05, 3.63) is 66.4 Å². The fraction of sp³-hybridized carbons (Fsp3) is 0.375. The minimum atomic E-state index is 0.0994. The normalized spacial score (nSPS) is 24.8. The molecule has 1 aromatic heterocycles. The molecule has 0 spiro atoms. The molecule has 1 amide bonds. The van der Waals surface area contributed by atoms with Crippen LogP contribution in [0.15, 0.2) is 60.8 Å². The maximum atomic E-state index is 12.8. The number of quaternary nitrogens is 1. The lowest BCUT2D eigenvalue weighted by Gasteiger charge is -2.46. The van der Waals surface area contributed by atoms with Crippen molar-refractivity contribution in [2.45, 2.75) is 32.0 Å². The molecule has 3 aromatic rings. The van der Waals surface area contributed by atoms with Crippen molar-refractivity contribution in [2.24, 2.45) is 11.8 Å². The Kier molecular flexibility index (Phi) is 5.42. The van der Waals surface area contributed by atoms with E-state index in [1.165, 1.54) is 4.90 Å². The summed E-state index contributed by atoms with van der Waals surface area (Å²) >= 11 is 0. The second-order valence-electron chi connectivity index (χ2n) is 8.78. The largest absolute Gasteiger partial charge is 0.508 e. The molecule has 7 nitrogen and oxygen atoms in total. The number of hydrogen-bond acceptors (Lipinski definition) is 4. The summed E-state index contributed by atoms with van der Waals surface area (Å²) < 4.78 is 1.90. The zero-order valence-electron chi connectivity index (χ0n) is 17.4. The van der Waals surface area contributed by atoms with Gasteiger partial charge < -0.3 is 15.3 Å². The van der Waals surface area contributed by atoms with Gasteiger partial charge in [0.2, 0.25) is 5.91 Å². The molecule has 3 fully saturated rings. The van der Waals surface area contributed by atoms with E-state index in [0.29, 0.717) is 18.5 Å². The molecule has 6 rings (SSSR count). The molecule has 0 radical (unpaired) electrons. The van der Waals surface area contributed by atoms with E-state index in [0.717, 1.165) is 49.3 Å². The Morgan fingerprint density at radius 3 is 2.84 bits per heavy atom. The van der Waals surface area contributed by atoms with Crippen LogP contribution in [-0.4, -0.2) is 45.1 Å². The van der Waals surface area contributed by atoms with Gasteiger partial charge >= 0.3 is 0 Å². The first-order valence-electron chi connectivity index (χ1n) is 11.0. The smallest absolute Gasteiger partial charge is 0.229 e. The van der Waals surface area contributed by atoms with Gasteiger partial charge in [-0.2, -0.15) is 0 Å². The number of rotatable bonds is 6. The summed E-state index contributed by atoms with van der Waals surface area (Å²) in [6.07, 6.45) is 4.10. The van der Waals surface area contributed by atoms with Crippen molar-refractivity contribution in [3.8, 4) is 17.0 Å². The van der Waals surface area contributed by atoms with Crippen LogP contribution in [-0.2, 0) is 17.9 Å². The van der Waals surface area contributed by atoms with Crippen molar-refractivity contribution < 1.29 is 14.8 Å². The SMILES string of the molecule is O=C(NCc1ccccc1)[C@H]1C[NH+]2CC[C@H]1C[C@@H]2Cn1cc(-c2cccc(O)c2)nn1. The van der Waals surface area contributed by atoms with Crippen LogP contribution in [0.1, 0.15) is 18.4 Å². The predicted molar refractivity (Wildman–Crippen MR) is 116 cm³/mol. The summed E-state index contributed by atoms with van der Waals surface area (Å²) in [5, 5.41) is 21.4. The molecule has 7 heteroatoms. The van der Waals surface area contributed by atoms with E-state index >= 15 is 0 Å². The number of fused-ring (bicyclic) bond motifs is 3. The van der Waals surface area contributed by atoms with Crippen molar-refractivity contribution in [2.75, 3.05) is 13.1 Å². The molecule has 0 aliphatic carbocycles. The standard InChI is InChI=1S/C24H27N5O2/c30-21-8-4-7-19(12-21)23-16-29(27-26-23)14-20-11-18-9-10-28(20)15-22(18)24(31)25-13-17-5-2-1-3-6-17/h1-8,12,16,18,20,22,30H,9-11,13-15H2,(H,25,31)/p+1/t18-,20+,22-/m0/s1. The molecule has 2 bridgehead atoms. The number of hydrogen-bond donors (Lipinski definition) is 3. The molecule has 0 saturated carbocycles. The Morgan fingerprint density at radius 1 is 1.19 bits per heavy atom. The zero-order chi connectivity index (χ0) is 21.2. The van der Waals surface area contributed by atoms with Crippen LogP contribution in [0.25, 0.3) is 11.3 Å². The number of amides is 1. The van der Waals surface area contributed by atoms with Crippen molar-refractivity contribution >= 4 is 5.91 Å². The quantitative estimate of drug-likeness (QED) is 0.563. The van der Waals surface area contributed by atoms with Crippen LogP contribution in [0.3, 0.4) is 0 Å². The summed E-state index contributed by atoms with van der Waals surface area (Å²) in [7, 11) is 0. The van der Waals surface area contributed by atoms with Crippen LogP contribution < -0.4 is 10.2 Å². The number of nitrogens with one attached hydrogen (secondary N) is 2. The molecule has 3 aliphatic heterocycles. The van der Waals surface area contributed by atoms with Gasteiger partial charge in [0.25, 0.3) is 0 Å². The zero-order valence-corrected chi connectivity index (χ0v) is 17.4. The van der Waals surface area contributed by atoms with Gasteiger partial charge in [0.1, 0.15) is 17.5 Å². The van der Waals surface area contributed by atoms with E-state index < -0.39 is 0 Å². The third-order valence-corrected chi connectivity index (χ3v) is 6.79. The minimum Gasteiger partial charge on any atom is -0.508 e. The number of phenols is 1. The highest BCUT2D eigenvalue weighted by Gasteiger charge is 2.46. The van der Waals surface area contributed by atoms with Gasteiger partial charge in [-0.05, 0) is 23.6 Å². The number of phenolic OH excluding ortho intramolecular Hbond substituents is 1. The van der Waals surface area contributed by atoms with E-state index in [-0.39, 0.29) is 17.6 Å². The highest BCUT2D eigenvalue weighted by Crippen LogP contribution is 2.28. The Hall–Kier alpha value is -3.19. The van der Waals surface area contributed by atoms with Crippen molar-refractivity contribution in [1.29, 1.82) is 0 Å². The summed E-state index contributed by atoms with van der Waals surface area (Å²) in [6, 6.07) is 17.6. The first kappa shape index (κ1) is 19.8. The minimum absolute atomic E-state index is 0.0994. The van der Waals surface area contributed by atoms with Crippen molar-refractivity contribution in [1.82, 2.24) is 20.3 Å². The van der Waals surface area contributed by atoms with Gasteiger partial charge in [0.05, 0.1) is 31.7 Å². The lowest BCUT2D eigenvalue weighted by atomic mass is 9.75. The Balaban J connectivity index is 1.19.